The molecule has 0 spiro atoms. The fourth-order valence-electron chi connectivity index (χ4n) is 3.56. The second-order valence-electron chi connectivity index (χ2n) is 7.63. The zero-order chi connectivity index (χ0) is 20.8. The summed E-state index contributed by atoms with van der Waals surface area (Å²) in [5, 5.41) is 5.83. The molecule has 0 saturated carbocycles. The van der Waals surface area contributed by atoms with Gasteiger partial charge in [0.25, 0.3) is 5.91 Å². The van der Waals surface area contributed by atoms with Gasteiger partial charge in [0.2, 0.25) is 0 Å². The molecule has 2 N–H and O–H groups in total. The number of rotatable bonds is 6. The number of nitrogens with zero attached hydrogens (tertiary/aromatic N) is 2. The second kappa shape index (κ2) is 9.45. The largest absolute Gasteiger partial charge is 0.370 e. The number of aryl methyl sites for hydroxylation is 1. The fraction of sp³-hybridized carbons (Fsp3) is 0.391. The number of likely N-dealkylation sites (N-methyl/N-ethyl adjacent to an activating group) is 1. The first-order valence-corrected chi connectivity index (χ1v) is 10.2. The van der Waals surface area contributed by atoms with Crippen LogP contribution >= 0.6 is 0 Å². The summed E-state index contributed by atoms with van der Waals surface area (Å²) in [5.41, 5.74) is 3.11. The summed E-state index contributed by atoms with van der Waals surface area (Å²) in [5.74, 6) is -0.0151. The third-order valence-corrected chi connectivity index (χ3v) is 5.52. The van der Waals surface area contributed by atoms with Gasteiger partial charge in [0.05, 0.1) is 11.3 Å². The standard InChI is InChI=1S/C23H30N4O2/c1-17-10-9-13-20(22(28)27-14-7-8-15-27)21(17)25-23(29)24-16-18(2)26(3)19-11-5-4-6-12-19/h4-6,9-13,18H,7-8,14-16H2,1-3H3,(H2,24,25,29). The molecule has 3 amide bonds. The number of nitrogens with one attached hydrogen (secondary N) is 2. The van der Waals surface area contributed by atoms with Crippen LogP contribution in [0.3, 0.4) is 0 Å². The van der Waals surface area contributed by atoms with Crippen molar-refractivity contribution in [2.24, 2.45) is 0 Å². The van der Waals surface area contributed by atoms with Crippen LogP contribution in [-0.2, 0) is 0 Å². The number of carbonyl (C=O) groups is 2. The minimum absolute atomic E-state index is 0.0151. The number of hydrogen-bond acceptors (Lipinski definition) is 3. The van der Waals surface area contributed by atoms with Crippen molar-refractivity contribution in [1.82, 2.24) is 10.2 Å². The second-order valence-corrected chi connectivity index (χ2v) is 7.63. The summed E-state index contributed by atoms with van der Waals surface area (Å²) in [4.78, 5) is 29.4. The molecule has 0 aliphatic carbocycles. The van der Waals surface area contributed by atoms with Gasteiger partial charge in [-0.05, 0) is 50.5 Å². The smallest absolute Gasteiger partial charge is 0.319 e. The van der Waals surface area contributed by atoms with Crippen LogP contribution in [0.1, 0.15) is 35.7 Å². The van der Waals surface area contributed by atoms with Gasteiger partial charge in [0.1, 0.15) is 0 Å². The Balaban J connectivity index is 1.62. The highest BCUT2D eigenvalue weighted by Crippen LogP contribution is 2.24. The summed E-state index contributed by atoms with van der Waals surface area (Å²) in [6, 6.07) is 15.4. The van der Waals surface area contributed by atoms with Crippen molar-refractivity contribution >= 4 is 23.3 Å². The fourth-order valence-corrected chi connectivity index (χ4v) is 3.56. The van der Waals surface area contributed by atoms with E-state index in [4.69, 9.17) is 0 Å². The Kier molecular flexibility index (Phi) is 6.75. The molecule has 0 radical (unpaired) electrons. The zero-order valence-electron chi connectivity index (χ0n) is 17.4. The lowest BCUT2D eigenvalue weighted by atomic mass is 10.1. The van der Waals surface area contributed by atoms with Gasteiger partial charge in [0, 0.05) is 38.4 Å². The van der Waals surface area contributed by atoms with Gasteiger partial charge in [-0.25, -0.2) is 4.79 Å². The Hall–Kier alpha value is -3.02. The minimum Gasteiger partial charge on any atom is -0.370 e. The zero-order valence-corrected chi connectivity index (χ0v) is 17.4. The van der Waals surface area contributed by atoms with Crippen LogP contribution in [0.5, 0.6) is 0 Å². The van der Waals surface area contributed by atoms with Crippen molar-refractivity contribution in [3.8, 4) is 0 Å². The number of para-hydroxylation sites is 2. The Morgan fingerprint density at radius 3 is 2.45 bits per heavy atom. The molecule has 1 saturated heterocycles. The monoisotopic (exact) mass is 394 g/mol. The van der Waals surface area contributed by atoms with Crippen molar-refractivity contribution in [2.45, 2.75) is 32.7 Å². The Labute approximate surface area is 172 Å². The van der Waals surface area contributed by atoms with Crippen LogP contribution in [0.15, 0.2) is 48.5 Å². The number of carbonyl (C=O) groups excluding carboxylic acids is 2. The molecule has 1 atom stereocenters. The van der Waals surface area contributed by atoms with Crippen LogP contribution in [0, 0.1) is 6.92 Å². The van der Waals surface area contributed by atoms with E-state index in [-0.39, 0.29) is 18.0 Å². The van der Waals surface area contributed by atoms with Gasteiger partial charge in [-0.1, -0.05) is 30.3 Å². The predicted octanol–water partition coefficient (Wildman–Crippen LogP) is 3.88. The summed E-state index contributed by atoms with van der Waals surface area (Å²) in [6.45, 7) is 6.01. The Bertz CT molecular complexity index is 847. The average molecular weight is 395 g/mol. The van der Waals surface area contributed by atoms with E-state index in [9.17, 15) is 9.59 Å². The molecule has 6 heteroatoms. The van der Waals surface area contributed by atoms with Crippen molar-refractivity contribution in [3.05, 3.63) is 59.7 Å². The lowest BCUT2D eigenvalue weighted by Crippen LogP contribution is -2.42. The summed E-state index contributed by atoms with van der Waals surface area (Å²) in [6.07, 6.45) is 2.07. The van der Waals surface area contributed by atoms with E-state index in [2.05, 4.69) is 22.5 Å². The van der Waals surface area contributed by atoms with Gasteiger partial charge >= 0.3 is 6.03 Å². The molecule has 1 aliphatic heterocycles. The molecule has 29 heavy (non-hydrogen) atoms. The van der Waals surface area contributed by atoms with Gasteiger partial charge in [-0.3, -0.25) is 4.79 Å². The highest BCUT2D eigenvalue weighted by atomic mass is 16.2. The van der Waals surface area contributed by atoms with Crippen molar-refractivity contribution in [1.29, 1.82) is 0 Å². The molecule has 6 nitrogen and oxygen atoms in total. The van der Waals surface area contributed by atoms with Crippen molar-refractivity contribution in [2.75, 3.05) is 36.9 Å². The van der Waals surface area contributed by atoms with Gasteiger partial charge < -0.3 is 20.4 Å². The third kappa shape index (κ3) is 5.08. The number of amides is 3. The Morgan fingerprint density at radius 2 is 1.76 bits per heavy atom. The molecule has 1 unspecified atom stereocenters. The average Bonchev–Trinajstić information content (AvgIpc) is 3.28. The maximum Gasteiger partial charge on any atom is 0.319 e. The number of hydrogen-bond donors (Lipinski definition) is 2. The topological polar surface area (TPSA) is 64.7 Å². The van der Waals surface area contributed by atoms with Crippen molar-refractivity contribution < 1.29 is 9.59 Å². The van der Waals surface area contributed by atoms with Gasteiger partial charge in [-0.2, -0.15) is 0 Å². The molecule has 0 aromatic heterocycles. The molecule has 3 rings (SSSR count). The number of anilines is 2. The third-order valence-electron chi connectivity index (χ3n) is 5.52. The van der Waals surface area contributed by atoms with Gasteiger partial charge in [0.15, 0.2) is 0 Å². The first-order valence-electron chi connectivity index (χ1n) is 10.2. The van der Waals surface area contributed by atoms with Crippen LogP contribution in [0.2, 0.25) is 0 Å². The van der Waals surface area contributed by atoms with Crippen molar-refractivity contribution in [3.63, 3.8) is 0 Å². The highest BCUT2D eigenvalue weighted by Gasteiger charge is 2.23. The number of benzene rings is 2. The molecule has 1 heterocycles. The highest BCUT2D eigenvalue weighted by molar-refractivity contribution is 6.04. The Morgan fingerprint density at radius 1 is 1.07 bits per heavy atom. The lowest BCUT2D eigenvalue weighted by Gasteiger charge is -2.27. The van der Waals surface area contributed by atoms with E-state index < -0.39 is 0 Å². The quantitative estimate of drug-likeness (QED) is 0.782. The van der Waals surface area contributed by atoms with Gasteiger partial charge in [-0.15, -0.1) is 0 Å². The molecule has 1 aliphatic rings. The molecular weight excluding hydrogens is 364 g/mol. The maximum absolute atomic E-state index is 12.9. The summed E-state index contributed by atoms with van der Waals surface area (Å²) < 4.78 is 0. The summed E-state index contributed by atoms with van der Waals surface area (Å²) >= 11 is 0. The van der Waals surface area contributed by atoms with E-state index in [1.807, 2.05) is 61.3 Å². The van der Waals surface area contributed by atoms with Crippen LogP contribution in [-0.4, -0.2) is 49.6 Å². The van der Waals surface area contributed by atoms with E-state index >= 15 is 0 Å². The number of likely N-dealkylation sites (tertiary alicyclic amines) is 1. The molecule has 0 bridgehead atoms. The van der Waals surface area contributed by atoms with Crippen LogP contribution in [0.4, 0.5) is 16.2 Å². The number of urea groups is 1. The first-order chi connectivity index (χ1) is 14.0. The molecule has 2 aromatic rings. The molecule has 1 fully saturated rings. The minimum atomic E-state index is -0.303. The van der Waals surface area contributed by atoms with Crippen LogP contribution < -0.4 is 15.5 Å². The molecule has 2 aromatic carbocycles. The van der Waals surface area contributed by atoms with E-state index in [1.54, 1.807) is 6.07 Å². The lowest BCUT2D eigenvalue weighted by molar-refractivity contribution is 0.0794. The molecule has 154 valence electrons. The maximum atomic E-state index is 12.9. The van der Waals surface area contributed by atoms with E-state index in [1.165, 1.54) is 0 Å². The van der Waals surface area contributed by atoms with Crippen LogP contribution in [0.25, 0.3) is 0 Å². The predicted molar refractivity (Wildman–Crippen MR) is 118 cm³/mol. The van der Waals surface area contributed by atoms with E-state index in [0.717, 1.165) is 37.2 Å². The SMILES string of the molecule is Cc1cccc(C(=O)N2CCCC2)c1NC(=O)NCC(C)N(C)c1ccccc1. The summed E-state index contributed by atoms with van der Waals surface area (Å²) in [7, 11) is 2.01. The first kappa shape index (κ1) is 20.7. The normalized spacial score (nSPS) is 14.4. The van der Waals surface area contributed by atoms with E-state index in [0.29, 0.717) is 17.8 Å². The molecular formula is C23H30N4O2.